The van der Waals surface area contributed by atoms with Crippen molar-refractivity contribution in [2.45, 2.75) is 44.9 Å². The fraction of sp³-hybridized carbons (Fsp3) is 0.391. The Morgan fingerprint density at radius 1 is 1.27 bits per heavy atom. The summed E-state index contributed by atoms with van der Waals surface area (Å²) in [5.74, 6) is -0.496. The number of Topliss-reactive ketones (excluding diaryl/α,β-unsaturated/α-hetero) is 1. The van der Waals surface area contributed by atoms with Gasteiger partial charge < -0.3 is 4.74 Å². The van der Waals surface area contributed by atoms with Crippen LogP contribution in [0.25, 0.3) is 16.9 Å². The van der Waals surface area contributed by atoms with E-state index in [1.807, 2.05) is 12.1 Å². The van der Waals surface area contributed by atoms with Crippen molar-refractivity contribution in [3.05, 3.63) is 53.1 Å². The SMILES string of the molecule is CCOC(=O)[C@H]1C[C@@H]1c1ccc(-c2cn3nc(C(C)=O)cc(C4CC4)c3n2)c(F)c1. The third kappa shape index (κ3) is 3.28. The fourth-order valence-electron chi connectivity index (χ4n) is 4.04. The number of imidazole rings is 1. The Labute approximate surface area is 173 Å². The molecule has 30 heavy (non-hydrogen) atoms. The van der Waals surface area contributed by atoms with E-state index in [0.717, 1.165) is 24.0 Å². The van der Waals surface area contributed by atoms with Crippen LogP contribution in [0.15, 0.2) is 30.5 Å². The van der Waals surface area contributed by atoms with Crippen LogP contribution in [0.5, 0.6) is 0 Å². The first-order valence-corrected chi connectivity index (χ1v) is 10.3. The smallest absolute Gasteiger partial charge is 0.309 e. The number of aromatic nitrogens is 3. The summed E-state index contributed by atoms with van der Waals surface area (Å²) < 4.78 is 21.6. The lowest BCUT2D eigenvalue weighted by atomic mass is 10.0. The van der Waals surface area contributed by atoms with Crippen LogP contribution in [0.1, 0.15) is 66.6 Å². The Balaban J connectivity index is 1.48. The van der Waals surface area contributed by atoms with E-state index in [1.54, 1.807) is 23.7 Å². The highest BCUT2D eigenvalue weighted by Gasteiger charge is 2.45. The Morgan fingerprint density at radius 2 is 2.07 bits per heavy atom. The highest BCUT2D eigenvalue weighted by Crippen LogP contribution is 2.48. The molecule has 1 aromatic carbocycles. The van der Waals surface area contributed by atoms with Crippen LogP contribution in [-0.4, -0.2) is 33.0 Å². The van der Waals surface area contributed by atoms with Crippen LogP contribution in [0.4, 0.5) is 4.39 Å². The number of halogens is 1. The van der Waals surface area contributed by atoms with Crippen molar-refractivity contribution in [2.75, 3.05) is 6.61 Å². The number of esters is 1. The lowest BCUT2D eigenvalue weighted by Gasteiger charge is -2.04. The average molecular weight is 407 g/mol. The molecule has 2 atom stereocenters. The van der Waals surface area contributed by atoms with E-state index in [0.29, 0.717) is 41.5 Å². The molecule has 2 heterocycles. The molecule has 3 aromatic rings. The molecule has 2 saturated carbocycles. The van der Waals surface area contributed by atoms with Crippen LogP contribution in [0.3, 0.4) is 0 Å². The summed E-state index contributed by atoms with van der Waals surface area (Å²) in [5, 5.41) is 4.35. The predicted octanol–water partition coefficient (Wildman–Crippen LogP) is 4.28. The van der Waals surface area contributed by atoms with Crippen LogP contribution in [-0.2, 0) is 9.53 Å². The molecule has 154 valence electrons. The van der Waals surface area contributed by atoms with Crippen LogP contribution in [0.2, 0.25) is 0 Å². The first kappa shape index (κ1) is 18.9. The molecule has 0 unspecified atom stereocenters. The lowest BCUT2D eigenvalue weighted by Crippen LogP contribution is -2.07. The number of nitrogens with zero attached hydrogens (tertiary/aromatic N) is 3. The second-order valence-electron chi connectivity index (χ2n) is 8.15. The van der Waals surface area contributed by atoms with Crippen molar-refractivity contribution in [1.82, 2.24) is 14.6 Å². The van der Waals surface area contributed by atoms with Gasteiger partial charge in [0.25, 0.3) is 0 Å². The number of hydrogen-bond donors (Lipinski definition) is 0. The number of carbonyl (C=O) groups is 2. The summed E-state index contributed by atoms with van der Waals surface area (Å²) in [6.07, 6.45) is 4.48. The van der Waals surface area contributed by atoms with Crippen molar-refractivity contribution < 1.29 is 18.7 Å². The molecule has 2 aliphatic carbocycles. The second-order valence-corrected chi connectivity index (χ2v) is 8.15. The zero-order chi connectivity index (χ0) is 21.0. The van der Waals surface area contributed by atoms with E-state index >= 15 is 0 Å². The van der Waals surface area contributed by atoms with Gasteiger partial charge in [0.1, 0.15) is 11.5 Å². The maximum atomic E-state index is 15.0. The summed E-state index contributed by atoms with van der Waals surface area (Å²) in [5.41, 5.74) is 3.71. The molecule has 2 aliphatic rings. The summed E-state index contributed by atoms with van der Waals surface area (Å²) >= 11 is 0. The van der Waals surface area contributed by atoms with Gasteiger partial charge in [0.2, 0.25) is 0 Å². The first-order chi connectivity index (χ1) is 14.5. The molecule has 7 heteroatoms. The second kappa shape index (κ2) is 7.00. The van der Waals surface area contributed by atoms with Crippen molar-refractivity contribution in [2.24, 2.45) is 5.92 Å². The first-order valence-electron chi connectivity index (χ1n) is 10.3. The maximum Gasteiger partial charge on any atom is 0.309 e. The molecule has 0 aliphatic heterocycles. The number of rotatable bonds is 6. The summed E-state index contributed by atoms with van der Waals surface area (Å²) in [4.78, 5) is 28.4. The quantitative estimate of drug-likeness (QED) is 0.450. The van der Waals surface area contributed by atoms with E-state index in [4.69, 9.17) is 4.74 Å². The topological polar surface area (TPSA) is 73.6 Å². The summed E-state index contributed by atoms with van der Waals surface area (Å²) in [6, 6.07) is 6.85. The number of benzene rings is 1. The molecule has 0 N–H and O–H groups in total. The van der Waals surface area contributed by atoms with Crippen molar-refractivity contribution in [3.8, 4) is 11.3 Å². The van der Waals surface area contributed by atoms with Gasteiger partial charge in [-0.05, 0) is 61.8 Å². The van der Waals surface area contributed by atoms with Gasteiger partial charge in [-0.2, -0.15) is 5.10 Å². The minimum absolute atomic E-state index is 0.00919. The molecular formula is C23H22FN3O3. The van der Waals surface area contributed by atoms with Gasteiger partial charge in [-0.3, -0.25) is 9.59 Å². The van der Waals surface area contributed by atoms with Gasteiger partial charge >= 0.3 is 5.97 Å². The molecule has 0 saturated heterocycles. The minimum atomic E-state index is -0.384. The molecule has 0 amide bonds. The molecule has 0 spiro atoms. The molecule has 5 rings (SSSR count). The Bertz CT molecular complexity index is 1180. The molecule has 2 fully saturated rings. The molecular weight excluding hydrogens is 385 g/mol. The van der Waals surface area contributed by atoms with Gasteiger partial charge in [0, 0.05) is 18.1 Å². The number of carbonyl (C=O) groups excluding carboxylic acids is 2. The van der Waals surface area contributed by atoms with Gasteiger partial charge in [0.05, 0.1) is 24.4 Å². The maximum absolute atomic E-state index is 15.0. The molecule has 6 nitrogen and oxygen atoms in total. The fourth-order valence-corrected chi connectivity index (χ4v) is 4.04. The Kier molecular flexibility index (Phi) is 4.41. The minimum Gasteiger partial charge on any atom is -0.466 e. The Hall–Kier alpha value is -3.09. The van der Waals surface area contributed by atoms with Crippen molar-refractivity contribution >= 4 is 17.4 Å². The molecule has 2 aromatic heterocycles. The van der Waals surface area contributed by atoms with Crippen LogP contribution in [0, 0.1) is 11.7 Å². The zero-order valence-corrected chi connectivity index (χ0v) is 16.9. The third-order valence-electron chi connectivity index (χ3n) is 5.91. The number of fused-ring (bicyclic) bond motifs is 1. The van der Waals surface area contributed by atoms with Gasteiger partial charge in [-0.25, -0.2) is 13.9 Å². The zero-order valence-electron chi connectivity index (χ0n) is 16.9. The highest BCUT2D eigenvalue weighted by molar-refractivity contribution is 5.92. The van der Waals surface area contributed by atoms with E-state index in [1.165, 1.54) is 13.0 Å². The van der Waals surface area contributed by atoms with Crippen LogP contribution < -0.4 is 0 Å². The molecule has 0 radical (unpaired) electrons. The van der Waals surface area contributed by atoms with Gasteiger partial charge in [-0.1, -0.05) is 6.07 Å². The van der Waals surface area contributed by atoms with Gasteiger partial charge in [-0.15, -0.1) is 0 Å². The summed E-state index contributed by atoms with van der Waals surface area (Å²) in [6.45, 7) is 3.62. The highest BCUT2D eigenvalue weighted by atomic mass is 19.1. The van der Waals surface area contributed by atoms with Gasteiger partial charge in [0.15, 0.2) is 11.4 Å². The average Bonchev–Trinajstić information content (AvgIpc) is 3.63. The van der Waals surface area contributed by atoms with E-state index in [-0.39, 0.29) is 29.4 Å². The monoisotopic (exact) mass is 407 g/mol. The predicted molar refractivity (Wildman–Crippen MR) is 108 cm³/mol. The number of ketones is 1. The third-order valence-corrected chi connectivity index (χ3v) is 5.91. The molecule has 0 bridgehead atoms. The van der Waals surface area contributed by atoms with E-state index in [2.05, 4.69) is 10.1 Å². The Morgan fingerprint density at radius 3 is 2.73 bits per heavy atom. The van der Waals surface area contributed by atoms with Crippen molar-refractivity contribution in [1.29, 1.82) is 0 Å². The number of hydrogen-bond acceptors (Lipinski definition) is 5. The van der Waals surface area contributed by atoms with Crippen LogP contribution >= 0.6 is 0 Å². The largest absolute Gasteiger partial charge is 0.466 e. The lowest BCUT2D eigenvalue weighted by molar-refractivity contribution is -0.144. The summed E-state index contributed by atoms with van der Waals surface area (Å²) in [7, 11) is 0. The number of ether oxygens (including phenoxy) is 1. The van der Waals surface area contributed by atoms with Crippen molar-refractivity contribution in [3.63, 3.8) is 0 Å². The standard InChI is InChI=1S/C23H22FN3O3/c1-3-30-23(29)18-9-16(18)14-6-7-15(19(24)8-14)21-11-27-22(25-21)17(13-4-5-13)10-20(26-27)12(2)28/h6-8,10-11,13,16,18H,3-5,9H2,1-2H3/t16-,18+/m1/s1. The van der Waals surface area contributed by atoms with E-state index in [9.17, 15) is 14.0 Å². The normalized spacial score (nSPS) is 20.4. The van der Waals surface area contributed by atoms with E-state index < -0.39 is 0 Å².